The molecule has 2 rings (SSSR count). The van der Waals surface area contributed by atoms with E-state index in [1.54, 1.807) is 13.8 Å². The van der Waals surface area contributed by atoms with Crippen molar-refractivity contribution >= 4 is 22.7 Å². The Hall–Kier alpha value is -3.17. The Morgan fingerprint density at radius 2 is 1.59 bits per heavy atom. The van der Waals surface area contributed by atoms with E-state index >= 15 is 0 Å². The Bertz CT molecular complexity index is 930. The third-order valence-electron chi connectivity index (χ3n) is 4.34. The van der Waals surface area contributed by atoms with Crippen molar-refractivity contribution in [3.05, 3.63) is 67.3 Å². The van der Waals surface area contributed by atoms with Crippen LogP contribution in [0.2, 0.25) is 0 Å². The number of nitrogens with one attached hydrogen (secondary N) is 1. The topological polar surface area (TPSA) is 98.3 Å². The first-order valence-corrected chi connectivity index (χ1v) is 9.01. The number of nitrogens with zero attached hydrogens (tertiary/aromatic N) is 2. The molecule has 0 amide bonds. The second-order valence-corrected chi connectivity index (χ2v) is 6.47. The Labute approximate surface area is 164 Å². The molecule has 0 heterocycles. The minimum absolute atomic E-state index is 0.0283. The molecule has 10 heteroatoms. The lowest BCUT2D eigenvalue weighted by Gasteiger charge is -2.16. The third-order valence-corrected chi connectivity index (χ3v) is 4.34. The van der Waals surface area contributed by atoms with Gasteiger partial charge in [-0.25, -0.2) is 0 Å². The number of halogens is 3. The van der Waals surface area contributed by atoms with Gasteiger partial charge in [-0.05, 0) is 31.0 Å². The molecule has 0 radical (unpaired) electrons. The molecular formula is C19H20F3N3O4. The van der Waals surface area contributed by atoms with Gasteiger partial charge in [-0.1, -0.05) is 32.8 Å². The normalized spacial score (nSPS) is 11.3. The number of anilines is 2. The van der Waals surface area contributed by atoms with Crippen LogP contribution in [0.3, 0.4) is 0 Å². The molecule has 0 spiro atoms. The summed E-state index contributed by atoms with van der Waals surface area (Å²) in [6, 6.07) is 5.48. The number of nitro groups is 2. The second-order valence-electron chi connectivity index (χ2n) is 6.47. The van der Waals surface area contributed by atoms with Gasteiger partial charge in [-0.15, -0.1) is 0 Å². The zero-order valence-corrected chi connectivity index (χ0v) is 15.9. The minimum Gasteiger partial charge on any atom is -0.355 e. The van der Waals surface area contributed by atoms with E-state index < -0.39 is 27.3 Å². The highest BCUT2D eigenvalue weighted by Crippen LogP contribution is 2.40. The molecule has 0 fully saturated rings. The molecule has 0 aliphatic rings. The molecular weight excluding hydrogens is 391 g/mol. The maximum absolute atomic E-state index is 13.0. The molecule has 0 saturated carbocycles. The summed E-state index contributed by atoms with van der Waals surface area (Å²) >= 11 is 0. The Balaban J connectivity index is 2.70. The average Bonchev–Trinajstić information content (AvgIpc) is 2.63. The Morgan fingerprint density at radius 3 is 2.10 bits per heavy atom. The van der Waals surface area contributed by atoms with Gasteiger partial charge in [0.1, 0.15) is 5.56 Å². The van der Waals surface area contributed by atoms with E-state index in [0.29, 0.717) is 12.8 Å². The van der Waals surface area contributed by atoms with Gasteiger partial charge in [0, 0.05) is 11.8 Å². The van der Waals surface area contributed by atoms with E-state index in [-0.39, 0.29) is 41.0 Å². The molecule has 1 N–H and O–H groups in total. The van der Waals surface area contributed by atoms with Gasteiger partial charge in [-0.3, -0.25) is 20.2 Å². The fourth-order valence-electron chi connectivity index (χ4n) is 3.17. The largest absolute Gasteiger partial charge is 0.416 e. The van der Waals surface area contributed by atoms with Crippen molar-refractivity contribution in [3.8, 4) is 0 Å². The van der Waals surface area contributed by atoms with Gasteiger partial charge in [-0.2, -0.15) is 13.2 Å². The quantitative estimate of drug-likeness (QED) is 0.414. The smallest absolute Gasteiger partial charge is 0.355 e. The first-order valence-electron chi connectivity index (χ1n) is 9.01. The van der Waals surface area contributed by atoms with Crippen molar-refractivity contribution < 1.29 is 23.0 Å². The summed E-state index contributed by atoms with van der Waals surface area (Å²) in [4.78, 5) is 21.9. The minimum atomic E-state index is -4.56. The SMILES string of the molecule is CCCc1c(Nc2cccc(C(F)(F)F)c2)cc([N+](=O)[O-])c(CCC)c1[N+](=O)[O-]. The highest BCUT2D eigenvalue weighted by atomic mass is 19.4. The lowest BCUT2D eigenvalue weighted by molar-refractivity contribution is -0.395. The summed E-state index contributed by atoms with van der Waals surface area (Å²) in [5.74, 6) is 0. The van der Waals surface area contributed by atoms with Gasteiger partial charge < -0.3 is 5.32 Å². The number of hydrogen-bond acceptors (Lipinski definition) is 5. The van der Waals surface area contributed by atoms with Crippen molar-refractivity contribution in [3.63, 3.8) is 0 Å². The van der Waals surface area contributed by atoms with Crippen molar-refractivity contribution in [2.24, 2.45) is 0 Å². The molecule has 7 nitrogen and oxygen atoms in total. The van der Waals surface area contributed by atoms with Crippen LogP contribution in [-0.4, -0.2) is 9.85 Å². The van der Waals surface area contributed by atoms with Crippen LogP contribution in [0, 0.1) is 20.2 Å². The van der Waals surface area contributed by atoms with Crippen molar-refractivity contribution in [1.82, 2.24) is 0 Å². The van der Waals surface area contributed by atoms with E-state index in [0.717, 1.165) is 12.1 Å². The summed E-state index contributed by atoms with van der Waals surface area (Å²) in [6.07, 6.45) is -3.19. The lowest BCUT2D eigenvalue weighted by atomic mass is 9.96. The van der Waals surface area contributed by atoms with E-state index in [1.807, 2.05) is 0 Å². The molecule has 0 saturated heterocycles. The van der Waals surface area contributed by atoms with E-state index in [1.165, 1.54) is 18.2 Å². The molecule has 29 heavy (non-hydrogen) atoms. The van der Waals surface area contributed by atoms with Crippen LogP contribution in [0.15, 0.2) is 30.3 Å². The van der Waals surface area contributed by atoms with Crippen molar-refractivity contribution in [2.45, 2.75) is 45.7 Å². The molecule has 0 aromatic heterocycles. The molecule has 0 bridgehead atoms. The monoisotopic (exact) mass is 411 g/mol. The van der Waals surface area contributed by atoms with E-state index in [4.69, 9.17) is 0 Å². The maximum atomic E-state index is 13.0. The highest BCUT2D eigenvalue weighted by molar-refractivity contribution is 5.75. The maximum Gasteiger partial charge on any atom is 0.416 e. The number of nitro benzene ring substituents is 2. The number of benzene rings is 2. The lowest BCUT2D eigenvalue weighted by Crippen LogP contribution is -2.09. The van der Waals surface area contributed by atoms with Gasteiger partial charge >= 0.3 is 6.18 Å². The fourth-order valence-corrected chi connectivity index (χ4v) is 3.17. The summed E-state index contributed by atoms with van der Waals surface area (Å²) in [5, 5.41) is 26.0. The predicted molar refractivity (Wildman–Crippen MR) is 102 cm³/mol. The summed E-state index contributed by atoms with van der Waals surface area (Å²) < 4.78 is 38.9. The van der Waals surface area contributed by atoms with Crippen LogP contribution in [0.5, 0.6) is 0 Å². The summed E-state index contributed by atoms with van der Waals surface area (Å²) in [6.45, 7) is 3.54. The van der Waals surface area contributed by atoms with Crippen LogP contribution in [0.25, 0.3) is 0 Å². The Morgan fingerprint density at radius 1 is 0.966 bits per heavy atom. The standard InChI is InChI=1S/C19H20F3N3O4/c1-3-6-14-16(23-13-9-5-8-12(10-13)19(20,21)22)11-17(24(26)27)15(7-4-2)18(14)25(28)29/h5,8-11,23H,3-4,6-7H2,1-2H3. The first-order chi connectivity index (χ1) is 13.6. The number of rotatable bonds is 8. The fraction of sp³-hybridized carbons (Fsp3) is 0.368. The van der Waals surface area contributed by atoms with E-state index in [2.05, 4.69) is 5.32 Å². The number of hydrogen-bond donors (Lipinski definition) is 1. The predicted octanol–water partition coefficient (Wildman–Crippen LogP) is 6.17. The van der Waals surface area contributed by atoms with Crippen LogP contribution in [0.1, 0.15) is 43.4 Å². The summed E-state index contributed by atoms with van der Waals surface area (Å²) in [7, 11) is 0. The van der Waals surface area contributed by atoms with Gasteiger partial charge in [0.2, 0.25) is 0 Å². The Kier molecular flexibility index (Phi) is 6.78. The summed E-state index contributed by atoms with van der Waals surface area (Å²) in [5.41, 5.74) is -1.31. The molecule has 0 aliphatic carbocycles. The molecule has 2 aromatic carbocycles. The molecule has 0 unspecified atom stereocenters. The molecule has 0 atom stereocenters. The zero-order valence-electron chi connectivity index (χ0n) is 15.9. The van der Waals surface area contributed by atoms with Crippen LogP contribution < -0.4 is 5.32 Å². The zero-order chi connectivity index (χ0) is 21.8. The molecule has 2 aromatic rings. The van der Waals surface area contributed by atoms with Gasteiger partial charge in [0.25, 0.3) is 11.4 Å². The van der Waals surface area contributed by atoms with Gasteiger partial charge in [0.15, 0.2) is 0 Å². The van der Waals surface area contributed by atoms with Crippen molar-refractivity contribution in [2.75, 3.05) is 5.32 Å². The van der Waals surface area contributed by atoms with E-state index in [9.17, 15) is 33.4 Å². The van der Waals surface area contributed by atoms with Crippen LogP contribution in [-0.2, 0) is 19.0 Å². The molecule has 0 aliphatic heterocycles. The second kappa shape index (κ2) is 8.89. The first kappa shape index (κ1) is 22.1. The number of alkyl halides is 3. The third kappa shape index (κ3) is 5.01. The van der Waals surface area contributed by atoms with Crippen molar-refractivity contribution in [1.29, 1.82) is 0 Å². The van der Waals surface area contributed by atoms with Crippen LogP contribution in [0.4, 0.5) is 35.9 Å². The van der Waals surface area contributed by atoms with Gasteiger partial charge in [0.05, 0.1) is 26.7 Å². The molecule has 156 valence electrons. The highest BCUT2D eigenvalue weighted by Gasteiger charge is 2.32. The van der Waals surface area contributed by atoms with Crippen LogP contribution >= 0.6 is 0 Å². The average molecular weight is 411 g/mol.